The molecule has 0 aliphatic rings. The number of carbonyl (C=O) groups excluding carboxylic acids is 2. The van der Waals surface area contributed by atoms with Crippen LogP contribution in [0.5, 0.6) is 11.5 Å². The van der Waals surface area contributed by atoms with E-state index in [1.165, 1.54) is 7.11 Å². The normalized spacial score (nSPS) is 9.74. The van der Waals surface area contributed by atoms with Gasteiger partial charge in [-0.1, -0.05) is 18.2 Å². The summed E-state index contributed by atoms with van der Waals surface area (Å²) >= 11 is 0. The van der Waals surface area contributed by atoms with E-state index in [4.69, 9.17) is 4.74 Å². The number of hydrogen-bond donors (Lipinski definition) is 0. The lowest BCUT2D eigenvalue weighted by atomic mass is 10.2. The van der Waals surface area contributed by atoms with Crippen LogP contribution >= 0.6 is 0 Å². The van der Waals surface area contributed by atoms with Crippen molar-refractivity contribution in [3.63, 3.8) is 0 Å². The van der Waals surface area contributed by atoms with Gasteiger partial charge >= 0.3 is 5.97 Å². The summed E-state index contributed by atoms with van der Waals surface area (Å²) in [5, 5.41) is 0. The fourth-order valence-corrected chi connectivity index (χ4v) is 1.59. The largest absolute Gasteiger partial charge is 0.465 e. The molecule has 0 fully saturated rings. The molecule has 2 aromatic rings. The maximum atomic E-state index is 11.4. The molecule has 0 unspecified atom stereocenters. The molecule has 0 heterocycles. The third kappa shape index (κ3) is 3.19. The zero-order valence-corrected chi connectivity index (χ0v) is 10.3. The Hall–Kier alpha value is -2.62. The number of methoxy groups -OCH3 is 1. The van der Waals surface area contributed by atoms with Crippen LogP contribution in [-0.4, -0.2) is 19.4 Å². The molecule has 2 rings (SSSR count). The summed E-state index contributed by atoms with van der Waals surface area (Å²) in [7, 11) is 1.32. The average molecular weight is 256 g/mol. The number of aldehydes is 1. The van der Waals surface area contributed by atoms with E-state index < -0.39 is 5.97 Å². The van der Waals surface area contributed by atoms with E-state index in [9.17, 15) is 9.59 Å². The Kier molecular flexibility index (Phi) is 3.93. The highest BCUT2D eigenvalue weighted by Crippen LogP contribution is 2.23. The highest BCUT2D eigenvalue weighted by atomic mass is 16.5. The Bertz CT molecular complexity index is 605. The van der Waals surface area contributed by atoms with Gasteiger partial charge in [0.2, 0.25) is 0 Å². The standard InChI is InChI=1S/C15H12O4/c1-18-15(17)12-5-3-7-14(9-12)19-13-6-2-4-11(8-13)10-16/h2-10H,1H3. The Labute approximate surface area is 110 Å². The molecule has 0 amide bonds. The van der Waals surface area contributed by atoms with Crippen molar-refractivity contribution in [2.24, 2.45) is 0 Å². The van der Waals surface area contributed by atoms with Gasteiger partial charge in [0.15, 0.2) is 0 Å². The van der Waals surface area contributed by atoms with Crippen molar-refractivity contribution < 1.29 is 19.1 Å². The maximum absolute atomic E-state index is 11.4. The fraction of sp³-hybridized carbons (Fsp3) is 0.0667. The van der Waals surface area contributed by atoms with Gasteiger partial charge in [-0.3, -0.25) is 4.79 Å². The number of esters is 1. The lowest BCUT2D eigenvalue weighted by Gasteiger charge is -2.07. The summed E-state index contributed by atoms with van der Waals surface area (Å²) in [6, 6.07) is 13.4. The topological polar surface area (TPSA) is 52.6 Å². The van der Waals surface area contributed by atoms with Crippen LogP contribution < -0.4 is 4.74 Å². The van der Waals surface area contributed by atoms with Crippen molar-refractivity contribution in [3.8, 4) is 11.5 Å². The minimum atomic E-state index is -0.424. The van der Waals surface area contributed by atoms with Crippen LogP contribution in [0.1, 0.15) is 20.7 Å². The smallest absolute Gasteiger partial charge is 0.337 e. The van der Waals surface area contributed by atoms with Gasteiger partial charge in [-0.2, -0.15) is 0 Å². The van der Waals surface area contributed by atoms with E-state index in [1.807, 2.05) is 0 Å². The Balaban J connectivity index is 2.23. The van der Waals surface area contributed by atoms with Crippen molar-refractivity contribution in [1.29, 1.82) is 0 Å². The number of benzene rings is 2. The molecule has 2 aromatic carbocycles. The lowest BCUT2D eigenvalue weighted by molar-refractivity contribution is 0.0600. The molecular formula is C15H12O4. The van der Waals surface area contributed by atoms with Crippen molar-refractivity contribution >= 4 is 12.3 Å². The van der Waals surface area contributed by atoms with Crippen LogP contribution in [0.2, 0.25) is 0 Å². The summed E-state index contributed by atoms with van der Waals surface area (Å²) in [6.07, 6.45) is 0.748. The van der Waals surface area contributed by atoms with E-state index in [2.05, 4.69) is 4.74 Å². The van der Waals surface area contributed by atoms with Crippen molar-refractivity contribution in [1.82, 2.24) is 0 Å². The van der Waals surface area contributed by atoms with Gasteiger partial charge in [-0.25, -0.2) is 4.79 Å². The van der Waals surface area contributed by atoms with Gasteiger partial charge in [0, 0.05) is 5.56 Å². The summed E-state index contributed by atoms with van der Waals surface area (Å²) < 4.78 is 10.2. The number of rotatable bonds is 4. The molecule has 0 bridgehead atoms. The molecule has 4 heteroatoms. The monoisotopic (exact) mass is 256 g/mol. The summed E-state index contributed by atoms with van der Waals surface area (Å²) in [4.78, 5) is 22.1. The molecule has 0 aliphatic heterocycles. The predicted molar refractivity (Wildman–Crippen MR) is 69.7 cm³/mol. The lowest BCUT2D eigenvalue weighted by Crippen LogP contribution is -2.00. The first-order chi connectivity index (χ1) is 9.22. The molecule has 96 valence electrons. The van der Waals surface area contributed by atoms with E-state index >= 15 is 0 Å². The molecule has 0 N–H and O–H groups in total. The Morgan fingerprint density at radius 3 is 2.42 bits per heavy atom. The van der Waals surface area contributed by atoms with Crippen molar-refractivity contribution in [2.45, 2.75) is 0 Å². The molecule has 4 nitrogen and oxygen atoms in total. The van der Waals surface area contributed by atoms with Gasteiger partial charge in [0.1, 0.15) is 17.8 Å². The molecular weight excluding hydrogens is 244 g/mol. The molecule has 0 spiro atoms. The van der Waals surface area contributed by atoms with Crippen LogP contribution in [0.15, 0.2) is 48.5 Å². The first-order valence-corrected chi connectivity index (χ1v) is 5.64. The maximum Gasteiger partial charge on any atom is 0.337 e. The molecule has 19 heavy (non-hydrogen) atoms. The zero-order valence-electron chi connectivity index (χ0n) is 10.3. The van der Waals surface area contributed by atoms with E-state index in [1.54, 1.807) is 48.5 Å². The Morgan fingerprint density at radius 1 is 1.05 bits per heavy atom. The van der Waals surface area contributed by atoms with Crippen molar-refractivity contribution in [2.75, 3.05) is 7.11 Å². The highest BCUT2D eigenvalue weighted by molar-refractivity contribution is 5.89. The third-order valence-electron chi connectivity index (χ3n) is 2.49. The second-order valence-corrected chi connectivity index (χ2v) is 3.81. The number of carbonyl (C=O) groups is 2. The molecule has 0 atom stereocenters. The van der Waals surface area contributed by atoms with Gasteiger partial charge in [0.05, 0.1) is 12.7 Å². The first-order valence-electron chi connectivity index (χ1n) is 5.64. The summed E-state index contributed by atoms with van der Waals surface area (Å²) in [5.41, 5.74) is 0.938. The fourth-order valence-electron chi connectivity index (χ4n) is 1.59. The molecule has 0 aliphatic carbocycles. The van der Waals surface area contributed by atoms with Gasteiger partial charge < -0.3 is 9.47 Å². The molecule has 0 saturated heterocycles. The molecule has 0 saturated carbocycles. The summed E-state index contributed by atoms with van der Waals surface area (Å²) in [5.74, 6) is 0.615. The van der Waals surface area contributed by atoms with E-state index in [0.29, 0.717) is 22.6 Å². The summed E-state index contributed by atoms with van der Waals surface area (Å²) in [6.45, 7) is 0. The molecule has 0 aromatic heterocycles. The second-order valence-electron chi connectivity index (χ2n) is 3.81. The van der Waals surface area contributed by atoms with E-state index in [0.717, 1.165) is 6.29 Å². The first kappa shape index (κ1) is 12.8. The van der Waals surface area contributed by atoms with Crippen molar-refractivity contribution in [3.05, 3.63) is 59.7 Å². The number of ether oxygens (including phenoxy) is 2. The van der Waals surface area contributed by atoms with Gasteiger partial charge in [-0.15, -0.1) is 0 Å². The van der Waals surface area contributed by atoms with Crippen LogP contribution in [0.25, 0.3) is 0 Å². The second kappa shape index (κ2) is 5.82. The predicted octanol–water partition coefficient (Wildman–Crippen LogP) is 3.08. The zero-order chi connectivity index (χ0) is 13.7. The number of hydrogen-bond acceptors (Lipinski definition) is 4. The third-order valence-corrected chi connectivity index (χ3v) is 2.49. The van der Waals surface area contributed by atoms with Gasteiger partial charge in [0.25, 0.3) is 0 Å². The van der Waals surface area contributed by atoms with Crippen LogP contribution in [0.4, 0.5) is 0 Å². The van der Waals surface area contributed by atoms with E-state index in [-0.39, 0.29) is 0 Å². The van der Waals surface area contributed by atoms with Crippen LogP contribution in [0.3, 0.4) is 0 Å². The molecule has 0 radical (unpaired) electrons. The minimum Gasteiger partial charge on any atom is -0.465 e. The quantitative estimate of drug-likeness (QED) is 0.623. The van der Waals surface area contributed by atoms with Gasteiger partial charge in [-0.05, 0) is 30.3 Å². The van der Waals surface area contributed by atoms with Crippen LogP contribution in [-0.2, 0) is 4.74 Å². The minimum absolute atomic E-state index is 0.409. The van der Waals surface area contributed by atoms with Crippen LogP contribution in [0, 0.1) is 0 Å². The SMILES string of the molecule is COC(=O)c1cccc(Oc2cccc(C=O)c2)c1. The Morgan fingerprint density at radius 2 is 1.74 bits per heavy atom. The average Bonchev–Trinajstić information content (AvgIpc) is 2.47. The highest BCUT2D eigenvalue weighted by Gasteiger charge is 2.06.